The molecular weight excluding hydrogens is 402 g/mol. The molecule has 1 heterocycles. The zero-order chi connectivity index (χ0) is 18.6. The lowest BCUT2D eigenvalue weighted by Crippen LogP contribution is -2.36. The fraction of sp³-hybridized carbons (Fsp3) is 0.389. The SMILES string of the molecule is CC(C)NC(=O)c1csc(CN(C(=O)c2cccc(Br)c2)C(C)C)n1. The number of benzene rings is 1. The summed E-state index contributed by atoms with van der Waals surface area (Å²) in [4.78, 5) is 31.0. The van der Waals surface area contributed by atoms with Crippen molar-refractivity contribution in [1.82, 2.24) is 15.2 Å². The van der Waals surface area contributed by atoms with Crippen LogP contribution in [-0.4, -0.2) is 33.8 Å². The predicted octanol–water partition coefficient (Wildman–Crippen LogP) is 4.09. The van der Waals surface area contributed by atoms with Gasteiger partial charge < -0.3 is 10.2 Å². The zero-order valence-electron chi connectivity index (χ0n) is 14.7. The van der Waals surface area contributed by atoms with E-state index in [0.717, 1.165) is 9.48 Å². The molecule has 0 bridgehead atoms. The topological polar surface area (TPSA) is 62.3 Å². The third-order valence-corrected chi connectivity index (χ3v) is 4.79. The Morgan fingerprint density at radius 3 is 2.60 bits per heavy atom. The van der Waals surface area contributed by atoms with Crippen LogP contribution < -0.4 is 5.32 Å². The van der Waals surface area contributed by atoms with Crippen LogP contribution in [0.25, 0.3) is 0 Å². The molecule has 1 aromatic carbocycles. The molecular formula is C18H22BrN3O2S. The average molecular weight is 424 g/mol. The minimum Gasteiger partial charge on any atom is -0.349 e. The maximum atomic E-state index is 12.8. The van der Waals surface area contributed by atoms with Crippen LogP contribution in [0.2, 0.25) is 0 Å². The van der Waals surface area contributed by atoms with Crippen LogP contribution in [0, 0.1) is 0 Å². The first-order valence-corrected chi connectivity index (χ1v) is 9.77. The van der Waals surface area contributed by atoms with Crippen molar-refractivity contribution in [2.45, 2.75) is 46.3 Å². The number of aromatic nitrogens is 1. The summed E-state index contributed by atoms with van der Waals surface area (Å²) < 4.78 is 0.865. The van der Waals surface area contributed by atoms with Crippen LogP contribution in [-0.2, 0) is 6.54 Å². The number of halogens is 1. The zero-order valence-corrected chi connectivity index (χ0v) is 17.1. The second kappa shape index (κ2) is 8.58. The molecule has 0 aliphatic heterocycles. The van der Waals surface area contributed by atoms with Crippen molar-refractivity contribution in [1.29, 1.82) is 0 Å². The molecule has 0 aliphatic carbocycles. The Kier molecular flexibility index (Phi) is 6.72. The summed E-state index contributed by atoms with van der Waals surface area (Å²) in [5.41, 5.74) is 1.02. The normalized spacial score (nSPS) is 11.0. The predicted molar refractivity (Wildman–Crippen MR) is 104 cm³/mol. The van der Waals surface area contributed by atoms with Crippen LogP contribution >= 0.6 is 27.3 Å². The number of nitrogens with zero attached hydrogens (tertiary/aromatic N) is 2. The smallest absolute Gasteiger partial charge is 0.270 e. The van der Waals surface area contributed by atoms with E-state index in [1.165, 1.54) is 11.3 Å². The molecule has 0 unspecified atom stereocenters. The largest absolute Gasteiger partial charge is 0.349 e. The number of hydrogen-bond acceptors (Lipinski definition) is 4. The van der Waals surface area contributed by atoms with Gasteiger partial charge in [0.05, 0.1) is 6.54 Å². The number of hydrogen-bond donors (Lipinski definition) is 1. The minimum absolute atomic E-state index is 0.0170. The number of amides is 2. The second-order valence-electron chi connectivity index (χ2n) is 6.29. The van der Waals surface area contributed by atoms with E-state index in [2.05, 4.69) is 26.2 Å². The molecule has 2 rings (SSSR count). The molecule has 0 aliphatic rings. The van der Waals surface area contributed by atoms with Gasteiger partial charge in [0.25, 0.3) is 11.8 Å². The summed E-state index contributed by atoms with van der Waals surface area (Å²) >= 11 is 4.79. The van der Waals surface area contributed by atoms with Crippen molar-refractivity contribution in [2.75, 3.05) is 0 Å². The molecule has 7 heteroatoms. The molecule has 0 saturated heterocycles. The van der Waals surface area contributed by atoms with Gasteiger partial charge in [-0.3, -0.25) is 9.59 Å². The summed E-state index contributed by atoms with van der Waals surface area (Å²) in [5, 5.41) is 5.30. The Labute approximate surface area is 160 Å². The van der Waals surface area contributed by atoms with Gasteiger partial charge in [-0.1, -0.05) is 22.0 Å². The standard InChI is InChI=1S/C18H22BrN3O2S/c1-11(2)20-17(23)15-10-25-16(21-15)9-22(12(3)4)18(24)13-6-5-7-14(19)8-13/h5-8,10-12H,9H2,1-4H3,(H,20,23). The van der Waals surface area contributed by atoms with E-state index in [0.29, 0.717) is 17.8 Å². The van der Waals surface area contributed by atoms with Gasteiger partial charge >= 0.3 is 0 Å². The Morgan fingerprint density at radius 2 is 2.00 bits per heavy atom. The highest BCUT2D eigenvalue weighted by Gasteiger charge is 2.21. The second-order valence-corrected chi connectivity index (χ2v) is 8.15. The van der Waals surface area contributed by atoms with Crippen molar-refractivity contribution < 1.29 is 9.59 Å². The lowest BCUT2D eigenvalue weighted by atomic mass is 10.1. The van der Waals surface area contributed by atoms with Crippen LogP contribution in [0.1, 0.15) is 53.5 Å². The van der Waals surface area contributed by atoms with Crippen molar-refractivity contribution in [3.63, 3.8) is 0 Å². The number of thiazole rings is 1. The fourth-order valence-electron chi connectivity index (χ4n) is 2.25. The highest BCUT2D eigenvalue weighted by molar-refractivity contribution is 9.10. The summed E-state index contributed by atoms with van der Waals surface area (Å²) in [6.45, 7) is 8.12. The van der Waals surface area contributed by atoms with Crippen molar-refractivity contribution in [2.24, 2.45) is 0 Å². The molecule has 2 amide bonds. The summed E-state index contributed by atoms with van der Waals surface area (Å²) in [5.74, 6) is -0.244. The quantitative estimate of drug-likeness (QED) is 0.760. The first kappa shape index (κ1) is 19.6. The van der Waals surface area contributed by atoms with E-state index in [9.17, 15) is 9.59 Å². The number of carbonyl (C=O) groups is 2. The molecule has 134 valence electrons. The van der Waals surface area contributed by atoms with E-state index in [1.807, 2.05) is 39.8 Å². The molecule has 2 aromatic rings. The van der Waals surface area contributed by atoms with Gasteiger partial charge in [0.15, 0.2) is 0 Å². The van der Waals surface area contributed by atoms with Crippen molar-refractivity contribution in [3.05, 3.63) is 50.4 Å². The molecule has 5 nitrogen and oxygen atoms in total. The van der Waals surface area contributed by atoms with Crippen LogP contribution in [0.4, 0.5) is 0 Å². The number of nitrogens with one attached hydrogen (secondary N) is 1. The van der Waals surface area contributed by atoms with Crippen LogP contribution in [0.5, 0.6) is 0 Å². The van der Waals surface area contributed by atoms with Gasteiger partial charge in [0.2, 0.25) is 0 Å². The van der Waals surface area contributed by atoms with E-state index in [1.54, 1.807) is 22.4 Å². The number of carbonyl (C=O) groups excluding carboxylic acids is 2. The summed E-state index contributed by atoms with van der Waals surface area (Å²) in [6.07, 6.45) is 0. The molecule has 25 heavy (non-hydrogen) atoms. The van der Waals surface area contributed by atoms with E-state index < -0.39 is 0 Å². The van der Waals surface area contributed by atoms with E-state index >= 15 is 0 Å². The monoisotopic (exact) mass is 423 g/mol. The third-order valence-electron chi connectivity index (χ3n) is 3.47. The molecule has 0 spiro atoms. The molecule has 0 atom stereocenters. The Bertz CT molecular complexity index is 758. The maximum absolute atomic E-state index is 12.8. The minimum atomic E-state index is -0.188. The summed E-state index contributed by atoms with van der Waals surface area (Å²) in [6, 6.07) is 7.41. The lowest BCUT2D eigenvalue weighted by Gasteiger charge is -2.26. The van der Waals surface area contributed by atoms with Gasteiger partial charge in [0.1, 0.15) is 10.7 Å². The molecule has 0 fully saturated rings. The van der Waals surface area contributed by atoms with Crippen molar-refractivity contribution >= 4 is 39.1 Å². The van der Waals surface area contributed by atoms with Gasteiger partial charge in [-0.2, -0.15) is 0 Å². The lowest BCUT2D eigenvalue weighted by molar-refractivity contribution is 0.0690. The third kappa shape index (κ3) is 5.37. The molecule has 0 radical (unpaired) electrons. The first-order chi connectivity index (χ1) is 11.8. The van der Waals surface area contributed by atoms with Gasteiger partial charge in [0, 0.05) is 27.5 Å². The Hall–Kier alpha value is -1.73. The van der Waals surface area contributed by atoms with Gasteiger partial charge in [-0.15, -0.1) is 11.3 Å². The van der Waals surface area contributed by atoms with Crippen molar-refractivity contribution in [3.8, 4) is 0 Å². The molecule has 1 aromatic heterocycles. The average Bonchev–Trinajstić information content (AvgIpc) is 3.00. The molecule has 1 N–H and O–H groups in total. The maximum Gasteiger partial charge on any atom is 0.270 e. The van der Waals surface area contributed by atoms with E-state index in [4.69, 9.17) is 0 Å². The van der Waals surface area contributed by atoms with Crippen LogP contribution in [0.15, 0.2) is 34.1 Å². The highest BCUT2D eigenvalue weighted by Crippen LogP contribution is 2.19. The number of rotatable bonds is 6. The van der Waals surface area contributed by atoms with Gasteiger partial charge in [-0.05, 0) is 45.9 Å². The van der Waals surface area contributed by atoms with Crippen LogP contribution in [0.3, 0.4) is 0 Å². The molecule has 0 saturated carbocycles. The van der Waals surface area contributed by atoms with E-state index in [-0.39, 0.29) is 23.9 Å². The Balaban J connectivity index is 2.16. The summed E-state index contributed by atoms with van der Waals surface area (Å²) in [7, 11) is 0. The fourth-order valence-corrected chi connectivity index (χ4v) is 3.42. The van der Waals surface area contributed by atoms with Gasteiger partial charge in [-0.25, -0.2) is 4.98 Å². The Morgan fingerprint density at radius 1 is 1.28 bits per heavy atom. The highest BCUT2D eigenvalue weighted by atomic mass is 79.9. The first-order valence-electron chi connectivity index (χ1n) is 8.09.